The van der Waals surface area contributed by atoms with Gasteiger partial charge in [0.25, 0.3) is 0 Å². The molecule has 6 unspecified atom stereocenters. The third-order valence-electron chi connectivity index (χ3n) is 13.9. The number of fused-ring (bicyclic) bond motifs is 4. The fourth-order valence-corrected chi connectivity index (χ4v) is 11.0. The quantitative estimate of drug-likeness (QED) is 0.0441. The van der Waals surface area contributed by atoms with Gasteiger partial charge in [0.2, 0.25) is 5.79 Å². The molecule has 1 aliphatic heterocycles. The maximum atomic E-state index is 14.8. The van der Waals surface area contributed by atoms with E-state index in [1.807, 2.05) is 85.8 Å². The van der Waals surface area contributed by atoms with E-state index in [-0.39, 0.29) is 63.8 Å². The number of rotatable bonds is 20. The summed E-state index contributed by atoms with van der Waals surface area (Å²) >= 11 is 0. The van der Waals surface area contributed by atoms with Crippen molar-refractivity contribution in [2.75, 3.05) is 26.4 Å². The normalized spacial score (nSPS) is 22.1. The summed E-state index contributed by atoms with van der Waals surface area (Å²) in [5.41, 5.74) is 4.57. The lowest BCUT2D eigenvalue weighted by Crippen LogP contribution is -2.70. The third kappa shape index (κ3) is 9.77. The molecule has 1 amide bonds. The molecule has 6 aromatic rings. The topological polar surface area (TPSA) is 119 Å². The van der Waals surface area contributed by atoms with E-state index >= 15 is 0 Å². The molecule has 0 spiro atoms. The average Bonchev–Trinajstić information content (AvgIpc) is 3.36. The number of nitrogens with zero attached hydrogens (tertiary/aromatic N) is 2. The Labute approximate surface area is 399 Å². The monoisotopic (exact) mass is 914 g/mol. The predicted molar refractivity (Wildman–Crippen MR) is 267 cm³/mol. The Kier molecular flexibility index (Phi) is 14.9. The van der Waals surface area contributed by atoms with Crippen LogP contribution in [0.1, 0.15) is 74.5 Å². The highest BCUT2D eigenvalue weighted by atomic mass is 16.7. The van der Waals surface area contributed by atoms with Crippen LogP contribution >= 0.6 is 0 Å². The van der Waals surface area contributed by atoms with Gasteiger partial charge in [0, 0.05) is 31.1 Å². The number of hydrogen-bond donors (Lipinski definition) is 2. The number of amides is 1. The first-order valence-corrected chi connectivity index (χ1v) is 24.3. The standard InChI is InChI=1S/C58H62N2O8/c1-3-33-65-58-54(60(57(63)64-4-2)38-45-24-16-23-42-20-10-11-25-48(42)45)37-52(59-66-39-40-17-6-5-7-18-40)50-35-44(22-12-14-31-61)49(26-13-15-32-62)55(56(50)58)51-36-47(29-30-53(51)68-58)67-46-28-27-41-19-8-9-21-43(41)34-46/h3,5-11,16-21,23-25,27-30,34-36,44,49,54-56,61-62H,1,4,12-15,22,26,31-33,37-39H2,2H3. The van der Waals surface area contributed by atoms with Crippen LogP contribution in [0.25, 0.3) is 21.5 Å². The summed E-state index contributed by atoms with van der Waals surface area (Å²) in [4.78, 5) is 22.9. The van der Waals surface area contributed by atoms with Gasteiger partial charge in [-0.2, -0.15) is 0 Å². The molecule has 2 N–H and O–H groups in total. The van der Waals surface area contributed by atoms with Crippen molar-refractivity contribution in [2.24, 2.45) is 22.9 Å². The van der Waals surface area contributed by atoms with Crippen molar-refractivity contribution in [1.82, 2.24) is 4.90 Å². The van der Waals surface area contributed by atoms with E-state index in [4.69, 9.17) is 28.9 Å². The molecule has 10 heteroatoms. The molecule has 0 bridgehead atoms. The van der Waals surface area contributed by atoms with Crippen LogP contribution in [0, 0.1) is 17.8 Å². The van der Waals surface area contributed by atoms with Crippen LogP contribution < -0.4 is 9.47 Å². The van der Waals surface area contributed by atoms with Gasteiger partial charge in [-0.05, 0) is 113 Å². The number of aliphatic hydroxyl groups excluding tert-OH is 2. The van der Waals surface area contributed by atoms with Crippen molar-refractivity contribution >= 4 is 33.3 Å². The van der Waals surface area contributed by atoms with Gasteiger partial charge in [0.15, 0.2) is 0 Å². The molecule has 3 aliphatic rings. The van der Waals surface area contributed by atoms with Crippen LogP contribution in [-0.2, 0) is 27.5 Å². The summed E-state index contributed by atoms with van der Waals surface area (Å²) in [7, 11) is 0. The zero-order valence-corrected chi connectivity index (χ0v) is 38.9. The van der Waals surface area contributed by atoms with E-state index in [2.05, 4.69) is 67.3 Å². The molecule has 10 nitrogen and oxygen atoms in total. The summed E-state index contributed by atoms with van der Waals surface area (Å²) in [5.74, 6) is -0.0537. The van der Waals surface area contributed by atoms with Crippen molar-refractivity contribution in [1.29, 1.82) is 0 Å². The molecule has 352 valence electrons. The molecule has 1 saturated carbocycles. The molecule has 68 heavy (non-hydrogen) atoms. The molecule has 0 aromatic heterocycles. The molecule has 2 aliphatic carbocycles. The fraction of sp³-hybridized carbons (Fsp3) is 0.345. The molecule has 0 radical (unpaired) electrons. The van der Waals surface area contributed by atoms with E-state index < -0.39 is 23.8 Å². The van der Waals surface area contributed by atoms with E-state index in [0.717, 1.165) is 75.2 Å². The number of ether oxygens (including phenoxy) is 4. The van der Waals surface area contributed by atoms with Crippen molar-refractivity contribution in [3.63, 3.8) is 0 Å². The predicted octanol–water partition coefficient (Wildman–Crippen LogP) is 12.3. The zero-order chi connectivity index (χ0) is 46.9. The lowest BCUT2D eigenvalue weighted by molar-refractivity contribution is -0.256. The van der Waals surface area contributed by atoms with E-state index in [9.17, 15) is 15.0 Å². The number of oxime groups is 1. The smallest absolute Gasteiger partial charge is 0.410 e. The van der Waals surface area contributed by atoms with E-state index in [1.165, 1.54) is 0 Å². The van der Waals surface area contributed by atoms with Crippen LogP contribution in [-0.4, -0.2) is 65.2 Å². The summed E-state index contributed by atoms with van der Waals surface area (Å²) in [5, 5.41) is 29.5. The first kappa shape index (κ1) is 46.6. The second-order valence-corrected chi connectivity index (χ2v) is 18.1. The van der Waals surface area contributed by atoms with Crippen molar-refractivity contribution in [3.05, 3.63) is 174 Å². The zero-order valence-electron chi connectivity index (χ0n) is 38.9. The average molecular weight is 915 g/mol. The Balaban J connectivity index is 1.25. The molecule has 9 rings (SSSR count). The van der Waals surface area contributed by atoms with Gasteiger partial charge in [-0.3, -0.25) is 4.90 Å². The van der Waals surface area contributed by atoms with Crippen molar-refractivity contribution in [3.8, 4) is 17.2 Å². The summed E-state index contributed by atoms with van der Waals surface area (Å²) in [6.07, 6.45) is 8.44. The number of allylic oxidation sites excluding steroid dienone is 1. The summed E-state index contributed by atoms with van der Waals surface area (Å²) in [6, 6.07) is 43.9. The van der Waals surface area contributed by atoms with Crippen LogP contribution in [0.15, 0.2) is 163 Å². The maximum Gasteiger partial charge on any atom is 0.410 e. The Morgan fingerprint density at radius 3 is 2.34 bits per heavy atom. The molecule has 6 atom stereocenters. The summed E-state index contributed by atoms with van der Waals surface area (Å²) < 4.78 is 27.4. The third-order valence-corrected chi connectivity index (χ3v) is 13.9. The van der Waals surface area contributed by atoms with Crippen molar-refractivity contribution in [2.45, 2.75) is 82.8 Å². The largest absolute Gasteiger partial charge is 0.459 e. The number of hydrogen-bond acceptors (Lipinski definition) is 9. The number of benzene rings is 6. The first-order valence-electron chi connectivity index (χ1n) is 24.3. The number of unbranched alkanes of at least 4 members (excludes halogenated alkanes) is 2. The maximum absolute atomic E-state index is 14.8. The van der Waals surface area contributed by atoms with Crippen LogP contribution in [0.5, 0.6) is 17.2 Å². The van der Waals surface area contributed by atoms with E-state index in [0.29, 0.717) is 30.1 Å². The first-order chi connectivity index (χ1) is 33.4. The van der Waals surface area contributed by atoms with Gasteiger partial charge in [-0.1, -0.05) is 133 Å². The van der Waals surface area contributed by atoms with E-state index in [1.54, 1.807) is 11.0 Å². The SMILES string of the molecule is C=CCOC12Oc3ccc(Oc4ccc5ccccc5c4)cc3C3C(CCCCO)C(CCCCO)C=C(C(=NOCc4ccccc4)CC1N(Cc1cccc4ccccc14)C(=O)OCC)C32. The molecular formula is C58H62N2O8. The molecule has 1 heterocycles. The number of carbonyl (C=O) groups is 1. The van der Waals surface area contributed by atoms with Crippen LogP contribution in [0.4, 0.5) is 4.79 Å². The summed E-state index contributed by atoms with van der Waals surface area (Å²) in [6.45, 7) is 6.89. The number of carbonyl (C=O) groups excluding carboxylic acids is 1. The Morgan fingerprint density at radius 2 is 1.54 bits per heavy atom. The lowest BCUT2D eigenvalue weighted by Gasteiger charge is -2.59. The minimum atomic E-state index is -1.46. The van der Waals surface area contributed by atoms with Gasteiger partial charge < -0.3 is 34.0 Å². The molecule has 1 fully saturated rings. The number of aliphatic hydroxyl groups is 2. The van der Waals surface area contributed by atoms with Gasteiger partial charge in [0.1, 0.15) is 29.9 Å². The second kappa shape index (κ2) is 21.7. The fourth-order valence-electron chi connectivity index (χ4n) is 11.0. The highest BCUT2D eigenvalue weighted by Gasteiger charge is 2.65. The van der Waals surface area contributed by atoms with Gasteiger partial charge in [0.05, 0.1) is 31.4 Å². The molecule has 6 aromatic carbocycles. The Bertz CT molecular complexity index is 2750. The van der Waals surface area contributed by atoms with Gasteiger partial charge in [-0.25, -0.2) is 4.79 Å². The second-order valence-electron chi connectivity index (χ2n) is 18.1. The lowest BCUT2D eigenvalue weighted by atomic mass is 9.55. The Hall–Kier alpha value is -6.46. The van der Waals surface area contributed by atoms with Crippen LogP contribution in [0.2, 0.25) is 0 Å². The minimum absolute atomic E-state index is 0.0404. The highest BCUT2D eigenvalue weighted by Crippen LogP contribution is 2.62. The van der Waals surface area contributed by atoms with Gasteiger partial charge in [-0.15, -0.1) is 6.58 Å². The minimum Gasteiger partial charge on any atom is -0.459 e. The van der Waals surface area contributed by atoms with Crippen LogP contribution in [0.3, 0.4) is 0 Å². The van der Waals surface area contributed by atoms with Gasteiger partial charge >= 0.3 is 6.09 Å². The molecule has 0 saturated heterocycles. The Morgan fingerprint density at radius 1 is 0.824 bits per heavy atom. The van der Waals surface area contributed by atoms with Crippen molar-refractivity contribution < 1.29 is 38.8 Å². The highest BCUT2D eigenvalue weighted by molar-refractivity contribution is 6.03. The molecular weight excluding hydrogens is 853 g/mol.